The quantitative estimate of drug-likeness (QED) is 0.911. The lowest BCUT2D eigenvalue weighted by Gasteiger charge is -2.42. The van der Waals surface area contributed by atoms with Crippen LogP contribution in [0.3, 0.4) is 0 Å². The third-order valence-electron chi connectivity index (χ3n) is 5.50. The molecule has 116 valence electrons. The van der Waals surface area contributed by atoms with Gasteiger partial charge in [-0.1, -0.05) is 50.1 Å². The van der Waals surface area contributed by atoms with Crippen molar-refractivity contribution in [3.63, 3.8) is 0 Å². The predicted molar refractivity (Wildman–Crippen MR) is 89.5 cm³/mol. The lowest BCUT2D eigenvalue weighted by atomic mass is 9.87. The molecule has 2 heteroatoms. The molecule has 2 nitrogen and oxygen atoms in total. The first-order valence-corrected chi connectivity index (χ1v) is 8.66. The van der Waals surface area contributed by atoms with E-state index in [0.29, 0.717) is 17.5 Å². The van der Waals surface area contributed by atoms with Crippen molar-refractivity contribution in [3.8, 4) is 0 Å². The highest BCUT2D eigenvalue weighted by atomic mass is 15.2. The van der Waals surface area contributed by atoms with Crippen molar-refractivity contribution in [3.05, 3.63) is 35.9 Å². The smallest absolute Gasteiger partial charge is 0.0236 e. The summed E-state index contributed by atoms with van der Waals surface area (Å²) in [6.07, 6.45) is 6.87. The summed E-state index contributed by atoms with van der Waals surface area (Å²) < 4.78 is 0. The second kappa shape index (κ2) is 6.50. The third kappa shape index (κ3) is 3.87. The lowest BCUT2D eigenvalue weighted by Crippen LogP contribution is -2.57. The Kier molecular flexibility index (Phi) is 4.66. The summed E-state index contributed by atoms with van der Waals surface area (Å²) in [6, 6.07) is 12.2. The minimum Gasteiger partial charge on any atom is -0.311 e. The first-order valence-electron chi connectivity index (χ1n) is 8.66. The number of nitrogens with one attached hydrogen (secondary N) is 1. The van der Waals surface area contributed by atoms with Gasteiger partial charge in [-0.05, 0) is 37.2 Å². The molecule has 0 radical (unpaired) electrons. The first-order chi connectivity index (χ1) is 10.1. The highest BCUT2D eigenvalue weighted by molar-refractivity contribution is 5.16. The Labute approximate surface area is 129 Å². The zero-order valence-electron chi connectivity index (χ0n) is 13.6. The van der Waals surface area contributed by atoms with E-state index in [2.05, 4.69) is 54.4 Å². The van der Waals surface area contributed by atoms with Gasteiger partial charge in [0.2, 0.25) is 0 Å². The molecule has 1 aliphatic carbocycles. The molecule has 2 atom stereocenters. The molecule has 1 saturated heterocycles. The van der Waals surface area contributed by atoms with Gasteiger partial charge in [-0.25, -0.2) is 0 Å². The van der Waals surface area contributed by atoms with Crippen LogP contribution < -0.4 is 5.32 Å². The van der Waals surface area contributed by atoms with Crippen LogP contribution in [0.15, 0.2) is 30.3 Å². The van der Waals surface area contributed by atoms with E-state index in [-0.39, 0.29) is 0 Å². The van der Waals surface area contributed by atoms with E-state index in [9.17, 15) is 0 Å². The van der Waals surface area contributed by atoms with E-state index < -0.39 is 0 Å². The van der Waals surface area contributed by atoms with Crippen molar-refractivity contribution in [1.29, 1.82) is 0 Å². The van der Waals surface area contributed by atoms with Crippen LogP contribution in [-0.4, -0.2) is 36.6 Å². The summed E-state index contributed by atoms with van der Waals surface area (Å²) >= 11 is 0. The van der Waals surface area contributed by atoms with Crippen molar-refractivity contribution in [2.75, 3.05) is 19.6 Å². The van der Waals surface area contributed by atoms with Crippen molar-refractivity contribution >= 4 is 0 Å². The van der Waals surface area contributed by atoms with E-state index in [1.54, 1.807) is 0 Å². The highest BCUT2D eigenvalue weighted by Crippen LogP contribution is 2.38. The van der Waals surface area contributed by atoms with Crippen LogP contribution >= 0.6 is 0 Å². The molecule has 0 spiro atoms. The number of hydrogen-bond donors (Lipinski definition) is 1. The first kappa shape index (κ1) is 15.1. The monoisotopic (exact) mass is 286 g/mol. The Hall–Kier alpha value is -0.860. The topological polar surface area (TPSA) is 15.3 Å². The summed E-state index contributed by atoms with van der Waals surface area (Å²) in [7, 11) is 0. The van der Waals surface area contributed by atoms with Gasteiger partial charge < -0.3 is 5.32 Å². The van der Waals surface area contributed by atoms with Gasteiger partial charge in [-0.2, -0.15) is 0 Å². The fourth-order valence-corrected chi connectivity index (χ4v) is 4.13. The molecular weight excluding hydrogens is 256 g/mol. The normalized spacial score (nSPS) is 29.6. The summed E-state index contributed by atoms with van der Waals surface area (Å²) in [6.45, 7) is 8.51. The molecule has 0 amide bonds. The Morgan fingerprint density at radius 3 is 2.62 bits per heavy atom. The SMILES string of the molecule is CC1CNC(Cc2ccccc2)CN1CC1(C)CCCC1. The number of piperazine rings is 1. The second-order valence-corrected chi connectivity index (χ2v) is 7.59. The third-order valence-corrected chi connectivity index (χ3v) is 5.50. The average molecular weight is 286 g/mol. The van der Waals surface area contributed by atoms with Crippen LogP contribution in [0.25, 0.3) is 0 Å². The van der Waals surface area contributed by atoms with E-state index in [1.807, 2.05) is 0 Å². The molecule has 2 aliphatic rings. The maximum Gasteiger partial charge on any atom is 0.0236 e. The Morgan fingerprint density at radius 1 is 1.19 bits per heavy atom. The molecule has 1 N–H and O–H groups in total. The van der Waals surface area contributed by atoms with Crippen molar-refractivity contribution in [2.24, 2.45) is 5.41 Å². The van der Waals surface area contributed by atoms with E-state index in [4.69, 9.17) is 0 Å². The molecular formula is C19H30N2. The Bertz CT molecular complexity index is 436. The van der Waals surface area contributed by atoms with Crippen LogP contribution in [-0.2, 0) is 6.42 Å². The van der Waals surface area contributed by atoms with Gasteiger partial charge in [-0.3, -0.25) is 4.90 Å². The van der Waals surface area contributed by atoms with Gasteiger partial charge in [0.1, 0.15) is 0 Å². The van der Waals surface area contributed by atoms with Crippen molar-refractivity contribution < 1.29 is 0 Å². The highest BCUT2D eigenvalue weighted by Gasteiger charge is 2.34. The molecule has 1 aliphatic heterocycles. The largest absolute Gasteiger partial charge is 0.311 e. The molecule has 2 unspecified atom stereocenters. The van der Waals surface area contributed by atoms with E-state index in [1.165, 1.54) is 44.3 Å². The molecule has 1 aromatic rings. The van der Waals surface area contributed by atoms with Crippen LogP contribution in [0, 0.1) is 5.41 Å². The van der Waals surface area contributed by atoms with Crippen LogP contribution in [0.4, 0.5) is 0 Å². The molecule has 2 fully saturated rings. The molecule has 0 aromatic heterocycles. The van der Waals surface area contributed by atoms with E-state index >= 15 is 0 Å². The fraction of sp³-hybridized carbons (Fsp3) is 0.684. The number of benzene rings is 1. The maximum absolute atomic E-state index is 3.74. The van der Waals surface area contributed by atoms with Gasteiger partial charge >= 0.3 is 0 Å². The summed E-state index contributed by atoms with van der Waals surface area (Å²) in [4.78, 5) is 2.75. The number of rotatable bonds is 4. The Morgan fingerprint density at radius 2 is 1.90 bits per heavy atom. The molecule has 0 bridgehead atoms. The van der Waals surface area contributed by atoms with Crippen molar-refractivity contribution in [2.45, 2.75) is 58.0 Å². The van der Waals surface area contributed by atoms with Gasteiger partial charge in [0, 0.05) is 31.7 Å². The molecule has 1 saturated carbocycles. The van der Waals surface area contributed by atoms with Gasteiger partial charge in [0.15, 0.2) is 0 Å². The van der Waals surface area contributed by atoms with Gasteiger partial charge in [0.05, 0.1) is 0 Å². The number of hydrogen-bond acceptors (Lipinski definition) is 2. The van der Waals surface area contributed by atoms with Gasteiger partial charge in [-0.15, -0.1) is 0 Å². The summed E-state index contributed by atoms with van der Waals surface area (Å²) in [5.41, 5.74) is 2.03. The summed E-state index contributed by atoms with van der Waals surface area (Å²) in [5.74, 6) is 0. The standard InChI is InChI=1S/C19H30N2/c1-16-13-20-18(12-17-8-4-3-5-9-17)14-21(16)15-19(2)10-6-7-11-19/h3-5,8-9,16,18,20H,6-7,10-15H2,1-2H3. The minimum absolute atomic E-state index is 0.572. The van der Waals surface area contributed by atoms with E-state index in [0.717, 1.165) is 13.0 Å². The fourth-order valence-electron chi connectivity index (χ4n) is 4.13. The molecule has 21 heavy (non-hydrogen) atoms. The van der Waals surface area contributed by atoms with Crippen LogP contribution in [0.1, 0.15) is 45.1 Å². The van der Waals surface area contributed by atoms with Gasteiger partial charge in [0.25, 0.3) is 0 Å². The molecule has 1 heterocycles. The van der Waals surface area contributed by atoms with Crippen LogP contribution in [0.5, 0.6) is 0 Å². The van der Waals surface area contributed by atoms with Crippen molar-refractivity contribution in [1.82, 2.24) is 10.2 Å². The zero-order valence-corrected chi connectivity index (χ0v) is 13.6. The predicted octanol–water partition coefficient (Wildman–Crippen LogP) is 3.47. The number of nitrogens with zero attached hydrogens (tertiary/aromatic N) is 1. The molecule has 1 aromatic carbocycles. The maximum atomic E-state index is 3.74. The Balaban J connectivity index is 1.59. The lowest BCUT2D eigenvalue weighted by molar-refractivity contribution is 0.0874. The minimum atomic E-state index is 0.572. The molecule has 3 rings (SSSR count). The second-order valence-electron chi connectivity index (χ2n) is 7.59. The summed E-state index contributed by atoms with van der Waals surface area (Å²) in [5, 5.41) is 3.74. The average Bonchev–Trinajstić information content (AvgIpc) is 2.90. The van der Waals surface area contributed by atoms with Crippen LogP contribution in [0.2, 0.25) is 0 Å². The zero-order chi connectivity index (χ0) is 14.7.